The molecule has 20 heavy (non-hydrogen) atoms. The van der Waals surface area contributed by atoms with Crippen molar-refractivity contribution in [1.82, 2.24) is 9.97 Å². The molecule has 1 heterocycles. The van der Waals surface area contributed by atoms with Crippen molar-refractivity contribution in [3.8, 4) is 0 Å². The largest absolute Gasteiger partial charge is 0.281 e. The Hall–Kier alpha value is -0.710. The normalized spacial score (nSPS) is 20.0. The highest BCUT2D eigenvalue weighted by atomic mass is 79.9. The number of halogens is 3. The molecular formula is C14H14BrCl2N3. The SMILES string of the molecule is C/C=C1\C(=NC(C)CC)C(Br)=Cc2nc(Cl)nc(Cl)c21. The molecule has 1 unspecified atom stereocenters. The van der Waals surface area contributed by atoms with Crippen LogP contribution in [-0.2, 0) is 0 Å². The van der Waals surface area contributed by atoms with Crippen LogP contribution in [0.15, 0.2) is 15.6 Å². The zero-order valence-corrected chi connectivity index (χ0v) is 14.5. The van der Waals surface area contributed by atoms with Crippen molar-refractivity contribution in [3.63, 3.8) is 0 Å². The molecule has 0 radical (unpaired) electrons. The molecule has 0 bridgehead atoms. The van der Waals surface area contributed by atoms with Gasteiger partial charge in [0, 0.05) is 21.7 Å². The van der Waals surface area contributed by atoms with Crippen molar-refractivity contribution < 1.29 is 0 Å². The second-order valence-electron chi connectivity index (χ2n) is 4.47. The van der Waals surface area contributed by atoms with Crippen molar-refractivity contribution in [3.05, 3.63) is 32.3 Å². The molecule has 0 N–H and O–H groups in total. The van der Waals surface area contributed by atoms with Crippen molar-refractivity contribution >= 4 is 56.5 Å². The van der Waals surface area contributed by atoms with E-state index < -0.39 is 0 Å². The molecule has 1 aromatic rings. The van der Waals surface area contributed by atoms with Crippen LogP contribution >= 0.6 is 39.1 Å². The molecular weight excluding hydrogens is 361 g/mol. The Morgan fingerprint density at radius 1 is 1.40 bits per heavy atom. The lowest BCUT2D eigenvalue weighted by molar-refractivity contribution is 0.719. The summed E-state index contributed by atoms with van der Waals surface area (Å²) in [6, 6.07) is 0.231. The molecule has 1 atom stereocenters. The molecule has 1 aliphatic rings. The molecule has 1 aliphatic carbocycles. The Balaban J connectivity index is 2.67. The van der Waals surface area contributed by atoms with Gasteiger partial charge in [-0.2, -0.15) is 0 Å². The average molecular weight is 375 g/mol. The predicted molar refractivity (Wildman–Crippen MR) is 89.8 cm³/mol. The maximum absolute atomic E-state index is 6.23. The van der Waals surface area contributed by atoms with Crippen molar-refractivity contribution in [1.29, 1.82) is 0 Å². The van der Waals surface area contributed by atoms with E-state index in [4.69, 9.17) is 28.2 Å². The first-order valence-electron chi connectivity index (χ1n) is 6.33. The number of aromatic nitrogens is 2. The zero-order chi connectivity index (χ0) is 14.9. The summed E-state index contributed by atoms with van der Waals surface area (Å²) >= 11 is 15.6. The van der Waals surface area contributed by atoms with Gasteiger partial charge in [-0.3, -0.25) is 4.99 Å². The van der Waals surface area contributed by atoms with E-state index in [1.807, 2.05) is 19.1 Å². The van der Waals surface area contributed by atoms with Gasteiger partial charge in [0.15, 0.2) is 0 Å². The zero-order valence-electron chi connectivity index (χ0n) is 11.4. The molecule has 2 rings (SSSR count). The minimum absolute atomic E-state index is 0.142. The monoisotopic (exact) mass is 373 g/mol. The topological polar surface area (TPSA) is 38.1 Å². The standard InChI is InChI=1S/C14H14BrCl2N3/c1-4-7(3)18-12-8(5-2)11-10(6-9(12)15)19-14(17)20-13(11)16/h5-7H,4H2,1-3H3/b8-5-,18-12?. The molecule has 6 heteroatoms. The molecule has 0 aliphatic heterocycles. The van der Waals surface area contributed by atoms with Crippen LogP contribution < -0.4 is 0 Å². The molecule has 0 fully saturated rings. The maximum Gasteiger partial charge on any atom is 0.224 e. The van der Waals surface area contributed by atoms with Gasteiger partial charge in [0.25, 0.3) is 0 Å². The minimum atomic E-state index is 0.142. The Morgan fingerprint density at radius 3 is 2.70 bits per heavy atom. The maximum atomic E-state index is 6.23. The summed E-state index contributed by atoms with van der Waals surface area (Å²) in [5.41, 5.74) is 3.29. The molecule has 1 aromatic heterocycles. The number of hydrogen-bond acceptors (Lipinski definition) is 3. The van der Waals surface area contributed by atoms with Crippen LogP contribution in [0.3, 0.4) is 0 Å². The van der Waals surface area contributed by atoms with Crippen LogP contribution in [0.2, 0.25) is 10.4 Å². The number of fused-ring (bicyclic) bond motifs is 1. The first kappa shape index (κ1) is 15.7. The molecule has 0 spiro atoms. The van der Waals surface area contributed by atoms with Gasteiger partial charge in [0.1, 0.15) is 5.15 Å². The Labute approximate surface area is 137 Å². The van der Waals surface area contributed by atoms with Crippen molar-refractivity contribution in [2.24, 2.45) is 4.99 Å². The summed E-state index contributed by atoms with van der Waals surface area (Å²) in [6.45, 7) is 6.13. The van der Waals surface area contributed by atoms with Crippen LogP contribution in [0.4, 0.5) is 0 Å². The fourth-order valence-corrected chi connectivity index (χ4v) is 2.97. The number of allylic oxidation sites excluding steroid dienone is 3. The van der Waals surface area contributed by atoms with E-state index in [0.717, 1.165) is 27.8 Å². The summed E-state index contributed by atoms with van der Waals surface area (Å²) in [7, 11) is 0. The van der Waals surface area contributed by atoms with E-state index in [9.17, 15) is 0 Å². The van der Waals surface area contributed by atoms with Crippen molar-refractivity contribution in [2.45, 2.75) is 33.2 Å². The second kappa shape index (κ2) is 6.37. The second-order valence-corrected chi connectivity index (χ2v) is 6.02. The van der Waals surface area contributed by atoms with E-state index >= 15 is 0 Å². The van der Waals surface area contributed by atoms with E-state index in [0.29, 0.717) is 10.8 Å². The molecule has 0 saturated heterocycles. The summed E-state index contributed by atoms with van der Waals surface area (Å²) in [5, 5.41) is 0.490. The van der Waals surface area contributed by atoms with E-state index in [1.54, 1.807) is 0 Å². The highest BCUT2D eigenvalue weighted by Crippen LogP contribution is 2.37. The predicted octanol–water partition coefficient (Wildman–Crippen LogP) is 5.18. The smallest absolute Gasteiger partial charge is 0.224 e. The third-order valence-electron chi connectivity index (χ3n) is 3.11. The summed E-state index contributed by atoms with van der Waals surface area (Å²) in [4.78, 5) is 13.0. The summed E-state index contributed by atoms with van der Waals surface area (Å²) in [6.07, 6.45) is 4.82. The number of hydrogen-bond donors (Lipinski definition) is 0. The summed E-state index contributed by atoms with van der Waals surface area (Å²) < 4.78 is 0.879. The third-order valence-corrected chi connectivity index (χ3v) is 4.16. The minimum Gasteiger partial charge on any atom is -0.281 e. The van der Waals surface area contributed by atoms with Crippen LogP contribution in [0.25, 0.3) is 11.6 Å². The van der Waals surface area contributed by atoms with Gasteiger partial charge < -0.3 is 0 Å². The Kier molecular flexibility index (Phi) is 4.99. The van der Waals surface area contributed by atoms with Gasteiger partial charge in [-0.25, -0.2) is 9.97 Å². The summed E-state index contributed by atoms with van der Waals surface area (Å²) in [5.74, 6) is 0. The fourth-order valence-electron chi connectivity index (χ4n) is 1.94. The van der Waals surface area contributed by atoms with E-state index in [1.165, 1.54) is 0 Å². The highest BCUT2D eigenvalue weighted by molar-refractivity contribution is 9.12. The number of nitrogens with zero attached hydrogens (tertiary/aromatic N) is 3. The third kappa shape index (κ3) is 2.97. The lowest BCUT2D eigenvalue weighted by atomic mass is 9.95. The molecule has 0 amide bonds. The molecule has 0 saturated carbocycles. The molecule has 3 nitrogen and oxygen atoms in total. The Morgan fingerprint density at radius 2 is 2.10 bits per heavy atom. The number of rotatable bonds is 2. The van der Waals surface area contributed by atoms with Crippen LogP contribution in [-0.4, -0.2) is 21.7 Å². The van der Waals surface area contributed by atoms with Gasteiger partial charge in [-0.05, 0) is 53.9 Å². The van der Waals surface area contributed by atoms with Crippen LogP contribution in [0.1, 0.15) is 38.4 Å². The van der Waals surface area contributed by atoms with Gasteiger partial charge in [0.05, 0.1) is 11.4 Å². The van der Waals surface area contributed by atoms with Crippen LogP contribution in [0, 0.1) is 0 Å². The van der Waals surface area contributed by atoms with Gasteiger partial charge in [-0.15, -0.1) is 0 Å². The van der Waals surface area contributed by atoms with E-state index in [2.05, 4.69) is 39.7 Å². The highest BCUT2D eigenvalue weighted by Gasteiger charge is 2.25. The average Bonchev–Trinajstić information content (AvgIpc) is 2.39. The Bertz CT molecular complexity index is 636. The lowest BCUT2D eigenvalue weighted by Crippen LogP contribution is -2.14. The first-order chi connectivity index (χ1) is 9.47. The molecule has 0 aromatic carbocycles. The first-order valence-corrected chi connectivity index (χ1v) is 7.88. The van der Waals surface area contributed by atoms with Gasteiger partial charge >= 0.3 is 0 Å². The number of aliphatic imine (C=N–C) groups is 1. The van der Waals surface area contributed by atoms with E-state index in [-0.39, 0.29) is 11.3 Å². The van der Waals surface area contributed by atoms with Gasteiger partial charge in [-0.1, -0.05) is 24.6 Å². The molecule has 106 valence electrons. The van der Waals surface area contributed by atoms with Gasteiger partial charge in [0.2, 0.25) is 5.28 Å². The van der Waals surface area contributed by atoms with Crippen molar-refractivity contribution in [2.75, 3.05) is 0 Å². The fraction of sp³-hybridized carbons (Fsp3) is 0.357. The quantitative estimate of drug-likeness (QED) is 0.528. The lowest BCUT2D eigenvalue weighted by Gasteiger charge is -2.20. The van der Waals surface area contributed by atoms with Crippen LogP contribution in [0.5, 0.6) is 0 Å².